The Morgan fingerprint density at radius 1 is 1.06 bits per heavy atom. The van der Waals surface area contributed by atoms with E-state index in [1.807, 2.05) is 0 Å². The minimum absolute atomic E-state index is 0.104. The number of aromatic nitrogens is 2. The smallest absolute Gasteiger partial charge is 0.281 e. The first-order chi connectivity index (χ1) is 7.71. The highest BCUT2D eigenvalue weighted by Crippen LogP contribution is 2.22. The molecule has 2 aromatic rings. The van der Waals surface area contributed by atoms with Gasteiger partial charge in [0, 0.05) is 5.39 Å². The fourth-order valence-corrected chi connectivity index (χ4v) is 2.66. The van der Waals surface area contributed by atoms with Gasteiger partial charge in [0.1, 0.15) is 0 Å². The summed E-state index contributed by atoms with van der Waals surface area (Å²) in [6, 6.07) is 5.37. The molecule has 17 heavy (non-hydrogen) atoms. The lowest BCUT2D eigenvalue weighted by molar-refractivity contribution is 0.464. The summed E-state index contributed by atoms with van der Waals surface area (Å²) in [5.41, 5.74) is -0.150. The van der Waals surface area contributed by atoms with Gasteiger partial charge in [-0.25, -0.2) is 0 Å². The van der Waals surface area contributed by atoms with Gasteiger partial charge in [-0.1, -0.05) is 12.1 Å². The van der Waals surface area contributed by atoms with Gasteiger partial charge in [0.05, 0.1) is 5.52 Å². The minimum atomic E-state index is -4.74. The topological polar surface area (TPSA) is 127 Å². The van der Waals surface area contributed by atoms with Crippen LogP contribution < -0.4 is 0 Å². The maximum Gasteiger partial charge on any atom is 0.379 e. The molecule has 2 rings (SSSR count). The quantitative estimate of drug-likeness (QED) is 0.736. The van der Waals surface area contributed by atoms with Crippen LogP contribution in [-0.2, 0) is 20.4 Å². The number of benzene rings is 1. The Hall–Kier alpha value is -1.49. The molecule has 0 spiro atoms. The van der Waals surface area contributed by atoms with Crippen molar-refractivity contribution in [2.45, 2.75) is 5.03 Å². The van der Waals surface area contributed by atoms with Gasteiger partial charge >= 0.3 is 20.4 Å². The lowest BCUT2D eigenvalue weighted by Crippen LogP contribution is -2.13. The number of fused-ring (bicyclic) bond motifs is 1. The monoisotopic (exact) mass is 278 g/mol. The van der Waals surface area contributed by atoms with Gasteiger partial charge in [0.15, 0.2) is 0 Å². The molecule has 0 aliphatic carbocycles. The Bertz CT molecular complexity index is 723. The van der Waals surface area contributed by atoms with E-state index < -0.39 is 25.4 Å². The van der Waals surface area contributed by atoms with E-state index in [-0.39, 0.29) is 15.0 Å². The standard InChI is InChI=1S/C7H6N2O6S2/c10-16(11,12)7-5-3-1-2-4-6(5)9(8-7)17(13,14)15/h1-4H,(H,10,11,12)(H,13,14,15). The zero-order valence-corrected chi connectivity index (χ0v) is 9.68. The van der Waals surface area contributed by atoms with Crippen molar-refractivity contribution in [2.75, 3.05) is 0 Å². The molecular weight excluding hydrogens is 272 g/mol. The second-order valence-electron chi connectivity index (χ2n) is 3.12. The molecule has 2 N–H and O–H groups in total. The minimum Gasteiger partial charge on any atom is -0.281 e. The van der Waals surface area contributed by atoms with Crippen LogP contribution >= 0.6 is 0 Å². The van der Waals surface area contributed by atoms with Gasteiger partial charge in [0.25, 0.3) is 0 Å². The zero-order chi connectivity index (χ0) is 12.8. The van der Waals surface area contributed by atoms with E-state index in [0.717, 1.165) is 0 Å². The highest BCUT2D eigenvalue weighted by atomic mass is 32.2. The van der Waals surface area contributed by atoms with Crippen molar-refractivity contribution < 1.29 is 25.9 Å². The van der Waals surface area contributed by atoms with Crippen LogP contribution in [0.1, 0.15) is 0 Å². The number of hydrogen-bond donors (Lipinski definition) is 2. The fraction of sp³-hybridized carbons (Fsp3) is 0. The molecule has 0 radical (unpaired) electrons. The summed E-state index contributed by atoms with van der Waals surface area (Å²) >= 11 is 0. The molecule has 0 saturated heterocycles. The molecular formula is C7H6N2O6S2. The summed E-state index contributed by atoms with van der Waals surface area (Å²) in [7, 11) is -9.42. The average molecular weight is 278 g/mol. The molecule has 0 saturated carbocycles. The molecule has 0 aliphatic rings. The SMILES string of the molecule is O=S(=O)(O)c1nn(S(=O)(=O)O)c2ccccc12. The third-order valence-corrected chi connectivity index (χ3v) is 3.49. The van der Waals surface area contributed by atoms with Crippen LogP contribution in [0.2, 0.25) is 0 Å². The normalized spacial score (nSPS) is 13.1. The van der Waals surface area contributed by atoms with Gasteiger partial charge < -0.3 is 0 Å². The van der Waals surface area contributed by atoms with Gasteiger partial charge in [0.2, 0.25) is 5.03 Å². The van der Waals surface area contributed by atoms with Crippen molar-refractivity contribution >= 4 is 31.3 Å². The van der Waals surface area contributed by atoms with E-state index in [1.165, 1.54) is 24.3 Å². The van der Waals surface area contributed by atoms with E-state index in [0.29, 0.717) is 0 Å². The zero-order valence-electron chi connectivity index (χ0n) is 8.05. The van der Waals surface area contributed by atoms with Crippen LogP contribution in [0.4, 0.5) is 0 Å². The lowest BCUT2D eigenvalue weighted by atomic mass is 10.3. The van der Waals surface area contributed by atoms with Crippen molar-refractivity contribution in [3.05, 3.63) is 24.3 Å². The number of rotatable bonds is 2. The van der Waals surface area contributed by atoms with Crippen LogP contribution in [0, 0.1) is 0 Å². The molecule has 10 heteroatoms. The molecule has 1 aromatic carbocycles. The van der Waals surface area contributed by atoms with Crippen LogP contribution in [0.25, 0.3) is 10.9 Å². The van der Waals surface area contributed by atoms with Crippen molar-refractivity contribution in [1.29, 1.82) is 0 Å². The summed E-state index contributed by atoms with van der Waals surface area (Å²) in [5, 5.41) is 2.24. The summed E-state index contributed by atoms with van der Waals surface area (Å²) in [6.45, 7) is 0. The Morgan fingerprint density at radius 3 is 2.18 bits per heavy atom. The van der Waals surface area contributed by atoms with E-state index in [2.05, 4.69) is 5.10 Å². The van der Waals surface area contributed by atoms with Crippen molar-refractivity contribution in [1.82, 2.24) is 9.19 Å². The van der Waals surface area contributed by atoms with E-state index >= 15 is 0 Å². The van der Waals surface area contributed by atoms with Gasteiger partial charge in [-0.05, 0) is 12.1 Å². The van der Waals surface area contributed by atoms with E-state index in [1.54, 1.807) is 0 Å². The van der Waals surface area contributed by atoms with Crippen LogP contribution in [0.15, 0.2) is 29.3 Å². The fourth-order valence-electron chi connectivity index (χ4n) is 1.38. The summed E-state index contributed by atoms with van der Waals surface area (Å²) in [4.78, 5) is 0. The van der Waals surface area contributed by atoms with Crippen molar-refractivity contribution in [3.63, 3.8) is 0 Å². The number of para-hydroxylation sites is 1. The molecule has 0 aliphatic heterocycles. The third-order valence-electron chi connectivity index (χ3n) is 1.99. The van der Waals surface area contributed by atoms with Crippen LogP contribution in [-0.4, -0.2) is 35.1 Å². The van der Waals surface area contributed by atoms with Crippen molar-refractivity contribution in [3.8, 4) is 0 Å². The second-order valence-corrected chi connectivity index (χ2v) is 5.70. The predicted octanol–water partition coefficient (Wildman–Crippen LogP) is -0.0661. The maximum atomic E-state index is 11.0. The van der Waals surface area contributed by atoms with Crippen LogP contribution in [0.3, 0.4) is 0 Å². The van der Waals surface area contributed by atoms with Gasteiger partial charge in [-0.2, -0.15) is 16.8 Å². The molecule has 92 valence electrons. The van der Waals surface area contributed by atoms with E-state index in [4.69, 9.17) is 9.11 Å². The summed E-state index contributed by atoms with van der Waals surface area (Å²) in [5.74, 6) is 0. The Balaban J connectivity index is 3.01. The highest BCUT2D eigenvalue weighted by Gasteiger charge is 2.24. The molecule has 0 bridgehead atoms. The molecule has 0 fully saturated rings. The number of nitrogens with zero attached hydrogens (tertiary/aromatic N) is 2. The molecule has 0 atom stereocenters. The van der Waals surface area contributed by atoms with Gasteiger partial charge in [-0.3, -0.25) is 9.11 Å². The lowest BCUT2D eigenvalue weighted by Gasteiger charge is -1.95. The highest BCUT2D eigenvalue weighted by molar-refractivity contribution is 7.86. The predicted molar refractivity (Wildman–Crippen MR) is 56.5 cm³/mol. The van der Waals surface area contributed by atoms with Crippen LogP contribution in [0.5, 0.6) is 0 Å². The maximum absolute atomic E-state index is 11.0. The molecule has 1 heterocycles. The molecule has 8 nitrogen and oxygen atoms in total. The first-order valence-electron chi connectivity index (χ1n) is 4.14. The molecule has 0 unspecified atom stereocenters. The van der Waals surface area contributed by atoms with Crippen molar-refractivity contribution in [2.24, 2.45) is 0 Å². The Morgan fingerprint density at radius 2 is 1.65 bits per heavy atom. The average Bonchev–Trinajstić information content (AvgIpc) is 2.55. The first-order valence-corrected chi connectivity index (χ1v) is 6.98. The van der Waals surface area contributed by atoms with E-state index in [9.17, 15) is 16.8 Å². The van der Waals surface area contributed by atoms with Gasteiger partial charge in [-0.15, -0.1) is 9.19 Å². The Labute approximate surface area is 96.1 Å². The number of hydrogen-bond acceptors (Lipinski definition) is 5. The molecule has 0 amide bonds. The molecule has 1 aromatic heterocycles. The summed E-state index contributed by atoms with van der Waals surface area (Å²) in [6.07, 6.45) is 0. The summed E-state index contributed by atoms with van der Waals surface area (Å²) < 4.78 is 61.8. The second kappa shape index (κ2) is 3.50. The Kier molecular flexibility index (Phi) is 2.47. The first kappa shape index (κ1) is 12.0. The third kappa shape index (κ3) is 2.02. The largest absolute Gasteiger partial charge is 0.379 e.